The van der Waals surface area contributed by atoms with Crippen LogP contribution in [0.25, 0.3) is 0 Å². The fourth-order valence-corrected chi connectivity index (χ4v) is 1.72. The van der Waals surface area contributed by atoms with E-state index < -0.39 is 0 Å². The van der Waals surface area contributed by atoms with Gasteiger partial charge >= 0.3 is 0 Å². The highest BCUT2D eigenvalue weighted by Gasteiger charge is 2.14. The maximum absolute atomic E-state index is 11.5. The highest BCUT2D eigenvalue weighted by molar-refractivity contribution is 5.78. The van der Waals surface area contributed by atoms with Crippen molar-refractivity contribution >= 4 is 5.91 Å². The van der Waals surface area contributed by atoms with E-state index in [0.717, 1.165) is 32.4 Å². The number of hydrogen-bond donors (Lipinski definition) is 2. The van der Waals surface area contributed by atoms with Crippen LogP contribution in [0.1, 0.15) is 19.3 Å². The van der Waals surface area contributed by atoms with Crippen molar-refractivity contribution in [2.24, 2.45) is 0 Å². The topological polar surface area (TPSA) is 44.4 Å². The van der Waals surface area contributed by atoms with Crippen LogP contribution in [0.4, 0.5) is 0 Å². The Morgan fingerprint density at radius 3 is 2.93 bits per heavy atom. The lowest BCUT2D eigenvalue weighted by Gasteiger charge is -2.17. The van der Waals surface area contributed by atoms with Crippen LogP contribution in [0.5, 0.6) is 0 Å². The van der Waals surface area contributed by atoms with E-state index in [4.69, 9.17) is 0 Å². The fraction of sp³-hybridized carbons (Fsp3) is 0.900. The predicted molar refractivity (Wildman–Crippen MR) is 57.2 cm³/mol. The number of nitrogens with zero attached hydrogens (tertiary/aromatic N) is 1. The molecule has 0 aromatic carbocycles. The van der Waals surface area contributed by atoms with Gasteiger partial charge in [-0.25, -0.2) is 0 Å². The monoisotopic (exact) mass is 199 g/mol. The van der Waals surface area contributed by atoms with Gasteiger partial charge in [0.2, 0.25) is 5.91 Å². The zero-order valence-electron chi connectivity index (χ0n) is 9.18. The zero-order valence-corrected chi connectivity index (χ0v) is 9.18. The maximum Gasteiger partial charge on any atom is 0.234 e. The average molecular weight is 199 g/mol. The van der Waals surface area contributed by atoms with Gasteiger partial charge in [0.1, 0.15) is 0 Å². The second kappa shape index (κ2) is 5.98. The minimum Gasteiger partial charge on any atom is -0.352 e. The summed E-state index contributed by atoms with van der Waals surface area (Å²) in [7, 11) is 3.82. The van der Waals surface area contributed by atoms with Crippen LogP contribution in [0.2, 0.25) is 0 Å². The van der Waals surface area contributed by atoms with Crippen molar-refractivity contribution < 1.29 is 4.79 Å². The van der Waals surface area contributed by atoms with Crippen molar-refractivity contribution in [3.63, 3.8) is 0 Å². The Bertz CT molecular complexity index is 174. The highest BCUT2D eigenvalue weighted by atomic mass is 16.2. The van der Waals surface area contributed by atoms with Gasteiger partial charge < -0.3 is 15.5 Å². The third kappa shape index (κ3) is 4.58. The van der Waals surface area contributed by atoms with Gasteiger partial charge in [-0.2, -0.15) is 0 Å². The second-order valence-electron chi connectivity index (χ2n) is 4.18. The summed E-state index contributed by atoms with van der Waals surface area (Å²) in [5.41, 5.74) is 0. The lowest BCUT2D eigenvalue weighted by atomic mass is 10.1. The molecule has 0 bridgehead atoms. The molecule has 2 N–H and O–H groups in total. The minimum absolute atomic E-state index is 0.141. The number of likely N-dealkylation sites (N-methyl/N-ethyl adjacent to an activating group) is 1. The van der Waals surface area contributed by atoms with Gasteiger partial charge in [-0.3, -0.25) is 4.79 Å². The van der Waals surface area contributed by atoms with Gasteiger partial charge in [0.25, 0.3) is 0 Å². The van der Waals surface area contributed by atoms with Crippen molar-refractivity contribution in [1.29, 1.82) is 0 Å². The van der Waals surface area contributed by atoms with Crippen molar-refractivity contribution in [2.45, 2.75) is 25.3 Å². The molecule has 0 aromatic heterocycles. The number of amides is 1. The Balaban J connectivity index is 2.23. The molecule has 0 saturated carbocycles. The first kappa shape index (κ1) is 11.5. The zero-order chi connectivity index (χ0) is 10.4. The molecule has 0 unspecified atom stereocenters. The third-order valence-electron chi connectivity index (χ3n) is 2.40. The van der Waals surface area contributed by atoms with Crippen LogP contribution >= 0.6 is 0 Å². The molecule has 0 aromatic rings. The number of rotatable bonds is 3. The summed E-state index contributed by atoms with van der Waals surface area (Å²) in [5.74, 6) is 0.141. The van der Waals surface area contributed by atoms with Crippen molar-refractivity contribution in [2.75, 3.05) is 33.7 Å². The summed E-state index contributed by atoms with van der Waals surface area (Å²) in [6, 6.07) is 0.373. The number of hydrogen-bond acceptors (Lipinski definition) is 3. The highest BCUT2D eigenvalue weighted by Crippen LogP contribution is 2.04. The molecule has 1 amide bonds. The molecule has 0 aliphatic carbocycles. The van der Waals surface area contributed by atoms with Crippen LogP contribution in [-0.2, 0) is 4.79 Å². The van der Waals surface area contributed by atoms with Crippen LogP contribution in [0.15, 0.2) is 0 Å². The first-order valence-electron chi connectivity index (χ1n) is 5.33. The Kier molecular flexibility index (Phi) is 4.90. The lowest BCUT2D eigenvalue weighted by molar-refractivity contribution is -0.122. The molecule has 1 aliphatic heterocycles. The Morgan fingerprint density at radius 2 is 2.21 bits per heavy atom. The van der Waals surface area contributed by atoms with Crippen molar-refractivity contribution in [3.05, 3.63) is 0 Å². The molecule has 4 heteroatoms. The summed E-state index contributed by atoms with van der Waals surface area (Å²) in [6.07, 6.45) is 3.32. The molecule has 1 aliphatic rings. The smallest absolute Gasteiger partial charge is 0.234 e. The molecule has 14 heavy (non-hydrogen) atoms. The summed E-state index contributed by atoms with van der Waals surface area (Å²) in [6.45, 7) is 2.59. The van der Waals surface area contributed by atoms with Crippen LogP contribution in [-0.4, -0.2) is 50.6 Å². The summed E-state index contributed by atoms with van der Waals surface area (Å²) in [4.78, 5) is 13.4. The molecule has 1 fully saturated rings. The Morgan fingerprint density at radius 1 is 1.43 bits per heavy atom. The quantitative estimate of drug-likeness (QED) is 0.662. The van der Waals surface area contributed by atoms with Gasteiger partial charge in [0.15, 0.2) is 0 Å². The number of carbonyl (C=O) groups is 1. The van der Waals surface area contributed by atoms with Gasteiger partial charge in [-0.15, -0.1) is 0 Å². The van der Waals surface area contributed by atoms with Crippen molar-refractivity contribution in [1.82, 2.24) is 15.5 Å². The standard InChI is InChI=1S/C10H21N3O/c1-13(2)8-10(14)12-9-4-3-6-11-7-5-9/h9,11H,3-8H2,1-2H3,(H,12,14)/t9-/m0/s1. The van der Waals surface area contributed by atoms with Gasteiger partial charge in [0, 0.05) is 6.04 Å². The Labute approximate surface area is 86.0 Å². The largest absolute Gasteiger partial charge is 0.352 e. The maximum atomic E-state index is 11.5. The SMILES string of the molecule is CN(C)CC(=O)N[C@H]1CCCNCC1. The van der Waals surface area contributed by atoms with E-state index in [0.29, 0.717) is 12.6 Å². The third-order valence-corrected chi connectivity index (χ3v) is 2.40. The van der Waals surface area contributed by atoms with E-state index in [9.17, 15) is 4.79 Å². The molecule has 0 radical (unpaired) electrons. The van der Waals surface area contributed by atoms with E-state index in [1.54, 1.807) is 0 Å². The van der Waals surface area contributed by atoms with Crippen LogP contribution < -0.4 is 10.6 Å². The van der Waals surface area contributed by atoms with Crippen molar-refractivity contribution in [3.8, 4) is 0 Å². The fourth-order valence-electron chi connectivity index (χ4n) is 1.72. The first-order chi connectivity index (χ1) is 6.68. The number of nitrogens with one attached hydrogen (secondary N) is 2. The van der Waals surface area contributed by atoms with Gasteiger partial charge in [-0.05, 0) is 46.4 Å². The lowest BCUT2D eigenvalue weighted by Crippen LogP contribution is -2.40. The second-order valence-corrected chi connectivity index (χ2v) is 4.18. The molecule has 1 rings (SSSR count). The molecule has 1 atom stereocenters. The van der Waals surface area contributed by atoms with Gasteiger partial charge in [-0.1, -0.05) is 0 Å². The van der Waals surface area contributed by atoms with E-state index in [-0.39, 0.29) is 5.91 Å². The predicted octanol–water partition coefficient (Wildman–Crippen LogP) is -0.194. The summed E-state index contributed by atoms with van der Waals surface area (Å²) in [5, 5.41) is 6.40. The normalized spacial score (nSPS) is 23.2. The summed E-state index contributed by atoms with van der Waals surface area (Å²) < 4.78 is 0. The van der Waals surface area contributed by atoms with E-state index in [1.165, 1.54) is 0 Å². The summed E-state index contributed by atoms with van der Waals surface area (Å²) >= 11 is 0. The molecule has 1 heterocycles. The van der Waals surface area contributed by atoms with Crippen LogP contribution in [0.3, 0.4) is 0 Å². The molecule has 1 saturated heterocycles. The molecule has 0 spiro atoms. The molecule has 4 nitrogen and oxygen atoms in total. The van der Waals surface area contributed by atoms with E-state index >= 15 is 0 Å². The molecule has 82 valence electrons. The minimum atomic E-state index is 0.141. The Hall–Kier alpha value is -0.610. The van der Waals surface area contributed by atoms with E-state index in [2.05, 4.69) is 10.6 Å². The average Bonchev–Trinajstić information content (AvgIpc) is 2.31. The van der Waals surface area contributed by atoms with Crippen LogP contribution in [0, 0.1) is 0 Å². The molecular formula is C10H21N3O. The molecular weight excluding hydrogens is 178 g/mol. The number of carbonyl (C=O) groups excluding carboxylic acids is 1. The van der Waals surface area contributed by atoms with Gasteiger partial charge in [0.05, 0.1) is 6.54 Å². The first-order valence-corrected chi connectivity index (χ1v) is 5.33. The van der Waals surface area contributed by atoms with E-state index in [1.807, 2.05) is 19.0 Å².